The Hall–Kier alpha value is -3.52. The Balaban J connectivity index is 0.00000204. The highest BCUT2D eigenvalue weighted by Gasteiger charge is 2.38. The van der Waals surface area contributed by atoms with Crippen molar-refractivity contribution in [3.63, 3.8) is 0 Å². The van der Waals surface area contributed by atoms with Crippen LogP contribution in [0.2, 0.25) is 0 Å². The van der Waals surface area contributed by atoms with Gasteiger partial charge in [-0.25, -0.2) is 9.59 Å². The fourth-order valence-electron chi connectivity index (χ4n) is 2.36. The molecule has 1 amide bonds. The molecule has 1 aromatic carbocycles. The number of nitrogens with one attached hydrogen (secondary N) is 1. The van der Waals surface area contributed by atoms with Crippen molar-refractivity contribution in [3.05, 3.63) is 29.8 Å². The molecular formula is C19H24N3O7+. The smallest absolute Gasteiger partial charge is 0.413 e. The first-order chi connectivity index (χ1) is 13.9. The number of benzene rings is 1. The maximum absolute atomic E-state index is 12.2. The summed E-state index contributed by atoms with van der Waals surface area (Å²) >= 11 is 0. The molecule has 1 aliphatic heterocycles. The van der Waals surface area contributed by atoms with Crippen LogP contribution in [0.15, 0.2) is 24.3 Å². The molecule has 1 saturated heterocycles. The van der Waals surface area contributed by atoms with Crippen LogP contribution in [-0.4, -0.2) is 52.5 Å². The largest absolute Gasteiger partial charge is 0.444 e. The van der Waals surface area contributed by atoms with Gasteiger partial charge in [0.2, 0.25) is 5.78 Å². The molecule has 1 aliphatic rings. The van der Waals surface area contributed by atoms with Crippen LogP contribution in [0.4, 0.5) is 4.79 Å². The van der Waals surface area contributed by atoms with Crippen molar-refractivity contribution in [1.82, 2.24) is 4.90 Å². The van der Waals surface area contributed by atoms with Gasteiger partial charge in [-0.05, 0) is 24.1 Å². The normalized spacial score (nSPS) is 14.7. The lowest BCUT2D eigenvalue weighted by Crippen LogP contribution is -2.38. The number of ether oxygens (including phenoxy) is 3. The fourth-order valence-corrected chi connectivity index (χ4v) is 2.36. The van der Waals surface area contributed by atoms with Crippen molar-refractivity contribution in [2.24, 2.45) is 0 Å². The van der Waals surface area contributed by atoms with Crippen LogP contribution in [0.25, 0.3) is 0 Å². The van der Waals surface area contributed by atoms with Crippen molar-refractivity contribution in [2.45, 2.75) is 46.3 Å². The van der Waals surface area contributed by atoms with E-state index in [9.17, 15) is 19.2 Å². The lowest BCUT2D eigenvalue weighted by Gasteiger charge is -2.19. The Bertz CT molecular complexity index is 785. The zero-order valence-electron chi connectivity index (χ0n) is 16.5. The third-order valence-electron chi connectivity index (χ3n) is 3.65. The SMILES string of the molecule is CC.CC(=O)Oc1ccc(COC(=O)N2COC(=O)[C@@H]2CCC(=O)C=[N+]=N)cc1. The van der Waals surface area contributed by atoms with E-state index >= 15 is 0 Å². The molecule has 0 unspecified atom stereocenters. The number of Topliss-reactive ketones (excluding diaryl/α,β-unsaturated/α-hetero) is 1. The third kappa shape index (κ3) is 7.55. The summed E-state index contributed by atoms with van der Waals surface area (Å²) in [4.78, 5) is 50.2. The summed E-state index contributed by atoms with van der Waals surface area (Å²) in [5.74, 6) is -1.11. The number of carbonyl (C=O) groups excluding carboxylic acids is 4. The number of hydrogen-bond acceptors (Lipinski definition) is 8. The van der Waals surface area contributed by atoms with Crippen molar-refractivity contribution in [2.75, 3.05) is 6.73 Å². The van der Waals surface area contributed by atoms with Crippen LogP contribution in [0.5, 0.6) is 5.75 Å². The van der Waals surface area contributed by atoms with Crippen LogP contribution in [0, 0.1) is 5.53 Å². The quantitative estimate of drug-likeness (QED) is 0.241. The molecule has 29 heavy (non-hydrogen) atoms. The highest BCUT2D eigenvalue weighted by molar-refractivity contribution is 6.25. The van der Waals surface area contributed by atoms with E-state index in [0.717, 1.165) is 11.1 Å². The van der Waals surface area contributed by atoms with Gasteiger partial charge in [-0.3, -0.25) is 14.5 Å². The van der Waals surface area contributed by atoms with E-state index in [1.807, 2.05) is 13.8 Å². The maximum atomic E-state index is 12.2. The second-order valence-electron chi connectivity index (χ2n) is 5.63. The molecule has 0 saturated carbocycles. The van der Waals surface area contributed by atoms with Crippen LogP contribution >= 0.6 is 0 Å². The van der Waals surface area contributed by atoms with E-state index in [-0.39, 0.29) is 26.2 Å². The highest BCUT2D eigenvalue weighted by Crippen LogP contribution is 2.19. The average molecular weight is 406 g/mol. The summed E-state index contributed by atoms with van der Waals surface area (Å²) < 4.78 is 14.9. The molecule has 156 valence electrons. The molecule has 1 atom stereocenters. The number of hydrogen-bond donors (Lipinski definition) is 1. The van der Waals surface area contributed by atoms with Gasteiger partial charge in [0.05, 0.1) is 10.3 Å². The minimum atomic E-state index is -0.924. The number of cyclic esters (lactones) is 1. The minimum absolute atomic E-state index is 0.0515. The zero-order chi connectivity index (χ0) is 21.8. The lowest BCUT2D eigenvalue weighted by atomic mass is 10.1. The Morgan fingerprint density at radius 2 is 1.93 bits per heavy atom. The molecule has 0 spiro atoms. The Morgan fingerprint density at radius 1 is 1.28 bits per heavy atom. The molecule has 0 radical (unpaired) electrons. The summed E-state index contributed by atoms with van der Waals surface area (Å²) in [5, 5.41) is 0. The second kappa shape index (κ2) is 12.0. The number of rotatable bonds is 7. The van der Waals surface area contributed by atoms with E-state index in [1.165, 1.54) is 6.92 Å². The van der Waals surface area contributed by atoms with Gasteiger partial charge in [0.25, 0.3) is 0 Å². The van der Waals surface area contributed by atoms with Gasteiger partial charge in [-0.15, -0.1) is 0 Å². The first kappa shape index (κ1) is 23.5. The fraction of sp³-hybridized carbons (Fsp3) is 0.421. The van der Waals surface area contributed by atoms with E-state index in [2.05, 4.69) is 4.79 Å². The van der Waals surface area contributed by atoms with Crippen molar-refractivity contribution >= 4 is 30.0 Å². The Morgan fingerprint density at radius 3 is 2.52 bits per heavy atom. The van der Waals surface area contributed by atoms with Crippen LogP contribution in [0.3, 0.4) is 0 Å². The highest BCUT2D eigenvalue weighted by atomic mass is 16.6. The molecule has 0 aromatic heterocycles. The molecule has 1 heterocycles. The topological polar surface area (TPSA) is 137 Å². The number of nitrogens with zero attached hydrogens (tertiary/aromatic N) is 2. The monoisotopic (exact) mass is 406 g/mol. The zero-order valence-corrected chi connectivity index (χ0v) is 16.5. The predicted molar refractivity (Wildman–Crippen MR) is 99.2 cm³/mol. The van der Waals surface area contributed by atoms with Gasteiger partial charge >= 0.3 is 24.2 Å². The molecule has 0 bridgehead atoms. The molecule has 10 heteroatoms. The first-order valence-corrected chi connectivity index (χ1v) is 9.00. The molecule has 1 aromatic rings. The van der Waals surface area contributed by atoms with Crippen molar-refractivity contribution in [3.8, 4) is 5.75 Å². The van der Waals surface area contributed by atoms with E-state index in [1.54, 1.807) is 24.3 Å². The number of amides is 1. The van der Waals surface area contributed by atoms with E-state index in [4.69, 9.17) is 19.7 Å². The van der Waals surface area contributed by atoms with Crippen LogP contribution in [0.1, 0.15) is 39.2 Å². The van der Waals surface area contributed by atoms with Crippen LogP contribution in [-0.2, 0) is 30.5 Å². The van der Waals surface area contributed by atoms with Crippen molar-refractivity contribution in [1.29, 1.82) is 5.53 Å². The predicted octanol–water partition coefficient (Wildman–Crippen LogP) is 2.12. The van der Waals surface area contributed by atoms with Gasteiger partial charge in [-0.2, -0.15) is 0 Å². The Kier molecular flexibility index (Phi) is 9.76. The molecule has 2 rings (SSSR count). The minimum Gasteiger partial charge on any atom is -0.444 e. The molecule has 1 fully saturated rings. The molecule has 0 aliphatic carbocycles. The summed E-state index contributed by atoms with van der Waals surface area (Å²) in [6.07, 6.45) is 0.0819. The van der Waals surface area contributed by atoms with Gasteiger partial charge in [0.1, 0.15) is 18.4 Å². The number of esters is 2. The number of carbonyl (C=O) groups is 4. The van der Waals surface area contributed by atoms with E-state index < -0.39 is 29.9 Å². The average Bonchev–Trinajstić information content (AvgIpc) is 3.07. The molecule has 10 nitrogen and oxygen atoms in total. The summed E-state index contributed by atoms with van der Waals surface area (Å²) in [5.41, 5.74) is 7.26. The Labute approximate surface area is 168 Å². The second-order valence-corrected chi connectivity index (χ2v) is 5.63. The maximum Gasteiger partial charge on any atom is 0.413 e. The standard InChI is InChI=1S/C17H18N3O7.C2H6/c1-11(21)27-14-5-2-12(3-6-14)9-25-17(24)20-10-26-16(23)15(20)7-4-13(22)8-19-18;1-2/h2-3,5-6,8,15,18H,4,7,9-10H2,1H3;1-2H3/q+1;/t15-;/m0./s1. The summed E-state index contributed by atoms with van der Waals surface area (Å²) in [6.45, 7) is 4.98. The van der Waals surface area contributed by atoms with E-state index in [0.29, 0.717) is 11.3 Å². The van der Waals surface area contributed by atoms with Gasteiger partial charge in [0, 0.05) is 13.3 Å². The van der Waals surface area contributed by atoms with Crippen molar-refractivity contribution < 1.29 is 38.2 Å². The summed E-state index contributed by atoms with van der Waals surface area (Å²) in [6, 6.07) is 5.47. The summed E-state index contributed by atoms with van der Waals surface area (Å²) in [7, 11) is 0. The van der Waals surface area contributed by atoms with Crippen LogP contribution < -0.4 is 4.74 Å². The first-order valence-electron chi connectivity index (χ1n) is 9.00. The van der Waals surface area contributed by atoms with Gasteiger partial charge in [0.15, 0.2) is 6.73 Å². The number of ketones is 1. The third-order valence-corrected chi connectivity index (χ3v) is 3.65. The molecular weight excluding hydrogens is 382 g/mol. The van der Waals surface area contributed by atoms with Gasteiger partial charge < -0.3 is 14.2 Å². The molecule has 1 N–H and O–H groups in total. The lowest BCUT2D eigenvalue weighted by molar-refractivity contribution is -0.139. The van der Waals surface area contributed by atoms with Gasteiger partial charge in [-0.1, -0.05) is 26.0 Å².